The molecule has 0 spiro atoms. The van der Waals surface area contributed by atoms with E-state index in [2.05, 4.69) is 24.4 Å². The third-order valence-electron chi connectivity index (χ3n) is 4.63. The molecule has 0 unspecified atom stereocenters. The Hall–Kier alpha value is -2.49. The van der Waals surface area contributed by atoms with E-state index < -0.39 is 6.10 Å². The maximum Gasteiger partial charge on any atom is 0.261 e. The number of hydrogen-bond donors (Lipinski definition) is 1. The van der Waals surface area contributed by atoms with E-state index in [1.165, 1.54) is 11.1 Å². The van der Waals surface area contributed by atoms with Crippen molar-refractivity contribution in [1.29, 1.82) is 0 Å². The molecule has 0 aliphatic rings. The molecule has 1 N–H and O–H groups in total. The van der Waals surface area contributed by atoms with Crippen molar-refractivity contribution in [2.45, 2.75) is 66.1 Å². The molecule has 2 aromatic rings. The molecule has 4 heteroatoms. The van der Waals surface area contributed by atoms with Gasteiger partial charge in [0.25, 0.3) is 5.91 Å². The minimum atomic E-state index is -0.468. The first-order valence-electron chi connectivity index (χ1n) is 10.2. The summed E-state index contributed by atoms with van der Waals surface area (Å²) in [7, 11) is 0. The molecule has 0 saturated carbocycles. The van der Waals surface area contributed by atoms with E-state index in [-0.39, 0.29) is 12.0 Å². The number of benzene rings is 2. The second-order valence-electron chi connectivity index (χ2n) is 7.47. The van der Waals surface area contributed by atoms with Crippen molar-refractivity contribution in [1.82, 2.24) is 5.32 Å². The fourth-order valence-corrected chi connectivity index (χ4v) is 2.94. The zero-order chi connectivity index (χ0) is 20.5. The van der Waals surface area contributed by atoms with E-state index in [1.54, 1.807) is 0 Å². The van der Waals surface area contributed by atoms with Crippen LogP contribution in [-0.4, -0.2) is 24.7 Å². The number of nitrogens with one attached hydrogen (secondary N) is 1. The van der Waals surface area contributed by atoms with Gasteiger partial charge in [-0.05, 0) is 87.9 Å². The van der Waals surface area contributed by atoms with Crippen LogP contribution in [-0.2, 0) is 11.2 Å². The highest BCUT2D eigenvalue weighted by Crippen LogP contribution is 2.19. The van der Waals surface area contributed by atoms with Crippen LogP contribution in [0.4, 0.5) is 0 Å². The van der Waals surface area contributed by atoms with Gasteiger partial charge in [0.15, 0.2) is 6.10 Å². The first-order chi connectivity index (χ1) is 13.4. The van der Waals surface area contributed by atoms with Gasteiger partial charge in [-0.25, -0.2) is 0 Å². The van der Waals surface area contributed by atoms with Gasteiger partial charge in [-0.2, -0.15) is 0 Å². The first-order valence-corrected chi connectivity index (χ1v) is 10.2. The monoisotopic (exact) mass is 383 g/mol. The molecule has 1 amide bonds. The third kappa shape index (κ3) is 6.91. The molecule has 0 heterocycles. The Morgan fingerprint density at radius 3 is 2.43 bits per heavy atom. The van der Waals surface area contributed by atoms with E-state index >= 15 is 0 Å². The second-order valence-corrected chi connectivity index (χ2v) is 7.47. The minimum Gasteiger partial charge on any atom is -0.491 e. The molecule has 0 fully saturated rings. The zero-order valence-electron chi connectivity index (χ0n) is 17.7. The van der Waals surface area contributed by atoms with Gasteiger partial charge in [-0.1, -0.05) is 25.1 Å². The van der Waals surface area contributed by atoms with Crippen molar-refractivity contribution in [3.05, 3.63) is 59.2 Å². The van der Waals surface area contributed by atoms with Gasteiger partial charge in [-0.3, -0.25) is 4.79 Å². The zero-order valence-corrected chi connectivity index (χ0v) is 17.7. The lowest BCUT2D eigenvalue weighted by molar-refractivity contribution is -0.128. The standard InChI is InChI=1S/C24H33NO3/c1-6-23(28-22-13-12-18(4)19(5)15-22)24(26)25-14-8-10-20-9-7-11-21(16-20)27-17(2)3/h7,9,11-13,15-17,23H,6,8,10,14H2,1-5H3,(H,25,26)/t23-/m1/s1. The smallest absolute Gasteiger partial charge is 0.261 e. The predicted molar refractivity (Wildman–Crippen MR) is 114 cm³/mol. The van der Waals surface area contributed by atoms with Crippen LogP contribution in [0.1, 0.15) is 50.3 Å². The second kappa shape index (κ2) is 10.7. The summed E-state index contributed by atoms with van der Waals surface area (Å²) >= 11 is 0. The van der Waals surface area contributed by atoms with Gasteiger partial charge >= 0.3 is 0 Å². The van der Waals surface area contributed by atoms with Crippen LogP contribution in [0.2, 0.25) is 0 Å². The van der Waals surface area contributed by atoms with Crippen molar-refractivity contribution in [2.75, 3.05) is 6.54 Å². The van der Waals surface area contributed by atoms with Gasteiger partial charge in [0.05, 0.1) is 6.10 Å². The summed E-state index contributed by atoms with van der Waals surface area (Å²) in [5, 5.41) is 3.00. The average Bonchev–Trinajstić information content (AvgIpc) is 2.65. The molecule has 4 nitrogen and oxygen atoms in total. The van der Waals surface area contributed by atoms with Crippen LogP contribution >= 0.6 is 0 Å². The van der Waals surface area contributed by atoms with E-state index in [0.29, 0.717) is 13.0 Å². The Morgan fingerprint density at radius 1 is 1.00 bits per heavy atom. The maximum absolute atomic E-state index is 12.5. The molecule has 0 saturated heterocycles. The van der Waals surface area contributed by atoms with Crippen LogP contribution < -0.4 is 14.8 Å². The first kappa shape index (κ1) is 21.8. The number of hydrogen-bond acceptors (Lipinski definition) is 3. The summed E-state index contributed by atoms with van der Waals surface area (Å²) in [6, 6.07) is 14.1. The lowest BCUT2D eigenvalue weighted by atomic mass is 10.1. The van der Waals surface area contributed by atoms with Crippen LogP contribution in [0.5, 0.6) is 11.5 Å². The number of carbonyl (C=O) groups is 1. The van der Waals surface area contributed by atoms with Crippen LogP contribution in [0.3, 0.4) is 0 Å². The Labute approximate surface area is 169 Å². The lowest BCUT2D eigenvalue weighted by Crippen LogP contribution is -2.38. The van der Waals surface area contributed by atoms with Crippen LogP contribution in [0.15, 0.2) is 42.5 Å². The van der Waals surface area contributed by atoms with E-state index in [1.807, 2.05) is 58.0 Å². The van der Waals surface area contributed by atoms with Crippen molar-refractivity contribution >= 4 is 5.91 Å². The lowest BCUT2D eigenvalue weighted by Gasteiger charge is -2.18. The summed E-state index contributed by atoms with van der Waals surface area (Å²) in [6.07, 6.45) is 2.09. The molecule has 2 rings (SSSR count). The number of carbonyl (C=O) groups excluding carboxylic acids is 1. The van der Waals surface area contributed by atoms with Crippen molar-refractivity contribution < 1.29 is 14.3 Å². The largest absolute Gasteiger partial charge is 0.491 e. The summed E-state index contributed by atoms with van der Waals surface area (Å²) in [6.45, 7) is 10.7. The molecule has 2 aromatic carbocycles. The van der Waals surface area contributed by atoms with Gasteiger partial charge in [-0.15, -0.1) is 0 Å². The molecule has 0 bridgehead atoms. The Kier molecular flexibility index (Phi) is 8.37. The molecule has 152 valence electrons. The molecule has 0 radical (unpaired) electrons. The normalized spacial score (nSPS) is 11.9. The van der Waals surface area contributed by atoms with Crippen molar-refractivity contribution in [2.24, 2.45) is 0 Å². The topological polar surface area (TPSA) is 47.6 Å². The fraction of sp³-hybridized carbons (Fsp3) is 0.458. The number of amides is 1. The molecule has 1 atom stereocenters. The highest BCUT2D eigenvalue weighted by atomic mass is 16.5. The third-order valence-corrected chi connectivity index (χ3v) is 4.63. The Morgan fingerprint density at radius 2 is 1.75 bits per heavy atom. The molecule has 28 heavy (non-hydrogen) atoms. The SMILES string of the molecule is CC[C@@H](Oc1ccc(C)c(C)c1)C(=O)NCCCc1cccc(OC(C)C)c1. The molecule has 0 aliphatic carbocycles. The summed E-state index contributed by atoms with van der Waals surface area (Å²) in [4.78, 5) is 12.5. The Balaban J connectivity index is 1.79. The van der Waals surface area contributed by atoms with E-state index in [4.69, 9.17) is 9.47 Å². The molecular weight excluding hydrogens is 350 g/mol. The number of rotatable bonds is 10. The number of aryl methyl sites for hydroxylation is 3. The van der Waals surface area contributed by atoms with Crippen molar-refractivity contribution in [3.8, 4) is 11.5 Å². The average molecular weight is 384 g/mol. The molecular formula is C24H33NO3. The highest BCUT2D eigenvalue weighted by molar-refractivity contribution is 5.81. The quantitative estimate of drug-likeness (QED) is 0.588. The predicted octanol–water partition coefficient (Wildman–Crippen LogP) is 5.00. The van der Waals surface area contributed by atoms with E-state index in [0.717, 1.165) is 29.9 Å². The maximum atomic E-state index is 12.5. The van der Waals surface area contributed by atoms with Gasteiger partial charge in [0, 0.05) is 6.54 Å². The summed E-state index contributed by atoms with van der Waals surface area (Å²) in [5.74, 6) is 1.58. The molecule has 0 aliphatic heterocycles. The van der Waals surface area contributed by atoms with Crippen LogP contribution in [0, 0.1) is 13.8 Å². The summed E-state index contributed by atoms with van der Waals surface area (Å²) in [5.41, 5.74) is 3.59. The van der Waals surface area contributed by atoms with Crippen molar-refractivity contribution in [3.63, 3.8) is 0 Å². The minimum absolute atomic E-state index is 0.0578. The fourth-order valence-electron chi connectivity index (χ4n) is 2.94. The van der Waals surface area contributed by atoms with Crippen LogP contribution in [0.25, 0.3) is 0 Å². The van der Waals surface area contributed by atoms with Gasteiger partial charge < -0.3 is 14.8 Å². The van der Waals surface area contributed by atoms with E-state index in [9.17, 15) is 4.79 Å². The molecule has 0 aromatic heterocycles. The summed E-state index contributed by atoms with van der Waals surface area (Å²) < 4.78 is 11.6. The van der Waals surface area contributed by atoms with Gasteiger partial charge in [0.2, 0.25) is 0 Å². The highest BCUT2D eigenvalue weighted by Gasteiger charge is 2.18. The van der Waals surface area contributed by atoms with Gasteiger partial charge in [0.1, 0.15) is 11.5 Å². The number of ether oxygens (including phenoxy) is 2. The Bertz CT molecular complexity index is 770.